The van der Waals surface area contributed by atoms with Crippen molar-refractivity contribution in [3.63, 3.8) is 0 Å². The monoisotopic (exact) mass is 665 g/mol. The fourth-order valence-corrected chi connectivity index (χ4v) is 5.12. The molecule has 0 aliphatic carbocycles. The Kier molecular flexibility index (Phi) is 11.5. The fraction of sp³-hybridized carbons (Fsp3) is 0.500. The van der Waals surface area contributed by atoms with Crippen molar-refractivity contribution in [3.8, 4) is 0 Å². The van der Waals surface area contributed by atoms with Crippen LogP contribution in [0.4, 0.5) is 5.69 Å². The molecule has 8 N–H and O–H groups in total. The lowest BCUT2D eigenvalue weighted by Crippen LogP contribution is -2.42. The molecule has 13 heteroatoms. The van der Waals surface area contributed by atoms with Crippen molar-refractivity contribution in [2.75, 3.05) is 31.7 Å². The van der Waals surface area contributed by atoms with Crippen molar-refractivity contribution in [2.24, 2.45) is 0 Å². The van der Waals surface area contributed by atoms with Crippen molar-refractivity contribution >= 4 is 68.6 Å². The smallest absolute Gasteiger partial charge is 0.253 e. The first-order chi connectivity index (χ1) is 14.5. The molecule has 1 rings (SSSR count). The van der Waals surface area contributed by atoms with Crippen molar-refractivity contribution in [1.29, 1.82) is 0 Å². The van der Waals surface area contributed by atoms with E-state index in [1.165, 1.54) is 13.8 Å². The van der Waals surface area contributed by atoms with Crippen LogP contribution in [-0.2, 0) is 4.79 Å². The number of anilines is 1. The number of hydrogen-bond donors (Lipinski definition) is 8. The van der Waals surface area contributed by atoms with Crippen LogP contribution in [0.1, 0.15) is 33.2 Å². The van der Waals surface area contributed by atoms with Crippen LogP contribution >= 0.6 is 45.2 Å². The van der Waals surface area contributed by atoms with E-state index in [1.807, 2.05) is 45.2 Å². The number of rotatable bonds is 10. The number of hydrogen-bond acceptors (Lipinski definition) is 8. The predicted octanol–water partition coefficient (Wildman–Crippen LogP) is -1.31. The van der Waals surface area contributed by atoms with Crippen LogP contribution in [-0.4, -0.2) is 87.9 Å². The summed E-state index contributed by atoms with van der Waals surface area (Å²) in [6.45, 7) is 0.691. The second kappa shape index (κ2) is 12.8. The van der Waals surface area contributed by atoms with E-state index < -0.39 is 62.3 Å². The van der Waals surface area contributed by atoms with Gasteiger partial charge in [0.05, 0.1) is 62.5 Å². The van der Waals surface area contributed by atoms with E-state index in [0.29, 0.717) is 0 Å². The van der Waals surface area contributed by atoms with E-state index >= 15 is 0 Å². The van der Waals surface area contributed by atoms with Crippen LogP contribution in [0.15, 0.2) is 0 Å². The molecule has 1 aromatic carbocycles. The molecule has 0 heterocycles. The normalized spacial score (nSPS) is 12.1. The van der Waals surface area contributed by atoms with Gasteiger partial charge in [-0.25, -0.2) is 0 Å². The molecule has 174 valence electrons. The maximum Gasteiger partial charge on any atom is 0.253 e. The molecular weight excluding hydrogens is 640 g/mol. The first-order valence-electron chi connectivity index (χ1n) is 9.09. The lowest BCUT2D eigenvalue weighted by Gasteiger charge is -2.23. The number of aliphatic hydroxyl groups is 5. The third-order valence-corrected chi connectivity index (χ3v) is 6.42. The Balaban J connectivity index is 3.66. The Morgan fingerprint density at radius 2 is 1.19 bits per heavy atom. The molecule has 0 saturated heterocycles. The number of halogens is 2. The van der Waals surface area contributed by atoms with Gasteiger partial charge >= 0.3 is 0 Å². The summed E-state index contributed by atoms with van der Waals surface area (Å²) in [5.41, 5.74) is 0.386. The number of benzene rings is 1. The SMILES string of the molecule is Cc1c(C(=O)NC(CO)CO)c(I)c(NC(=O)[C@H](C)O)c(I)c1C(=O)NC(CO)CO. The van der Waals surface area contributed by atoms with Gasteiger partial charge in [-0.15, -0.1) is 0 Å². The average molecular weight is 665 g/mol. The molecule has 0 aromatic heterocycles. The van der Waals surface area contributed by atoms with Gasteiger partial charge in [-0.05, 0) is 64.6 Å². The second-order valence-corrected chi connectivity index (χ2v) is 8.77. The molecule has 11 nitrogen and oxygen atoms in total. The maximum atomic E-state index is 12.9. The molecule has 0 radical (unpaired) electrons. The van der Waals surface area contributed by atoms with E-state index in [2.05, 4.69) is 16.0 Å². The summed E-state index contributed by atoms with van der Waals surface area (Å²) >= 11 is 3.63. The highest BCUT2D eigenvalue weighted by molar-refractivity contribution is 14.1. The maximum absolute atomic E-state index is 12.9. The average Bonchev–Trinajstić information content (AvgIpc) is 2.72. The van der Waals surface area contributed by atoms with Gasteiger partial charge in [0.25, 0.3) is 17.7 Å². The largest absolute Gasteiger partial charge is 0.394 e. The number of amides is 3. The van der Waals surface area contributed by atoms with Gasteiger partial charge in [-0.2, -0.15) is 0 Å². The van der Waals surface area contributed by atoms with Crippen molar-refractivity contribution < 1.29 is 39.9 Å². The van der Waals surface area contributed by atoms with Crippen molar-refractivity contribution in [2.45, 2.75) is 32.0 Å². The molecule has 0 aliphatic rings. The zero-order chi connectivity index (χ0) is 23.9. The van der Waals surface area contributed by atoms with Gasteiger partial charge in [0, 0.05) is 0 Å². The highest BCUT2D eigenvalue weighted by Gasteiger charge is 2.29. The summed E-state index contributed by atoms with van der Waals surface area (Å²) in [6, 6.07) is -1.88. The number of aliphatic hydroxyl groups excluding tert-OH is 5. The van der Waals surface area contributed by atoms with E-state index in [4.69, 9.17) is 0 Å². The van der Waals surface area contributed by atoms with Crippen molar-refractivity contribution in [3.05, 3.63) is 23.8 Å². The zero-order valence-electron chi connectivity index (χ0n) is 16.8. The van der Waals surface area contributed by atoms with Gasteiger partial charge in [-0.1, -0.05) is 0 Å². The molecular formula is C18H25I2N3O8. The van der Waals surface area contributed by atoms with Gasteiger partial charge in [0.15, 0.2) is 0 Å². The van der Waals surface area contributed by atoms with E-state index in [0.717, 1.165) is 0 Å². The molecule has 0 bridgehead atoms. The molecule has 31 heavy (non-hydrogen) atoms. The standard InChI is InChI=1S/C18H25I2N3O8/c1-7-11(17(30)21-9(3-24)4-25)13(19)15(23-16(29)8(2)28)14(20)12(7)18(31)22-10(5-26)6-27/h8-10,24-28H,3-6H2,1-2H3,(H,21,30)(H,22,31)(H,23,29)/t8-/m0/s1. The van der Waals surface area contributed by atoms with Gasteiger partial charge in [-0.3, -0.25) is 14.4 Å². The minimum atomic E-state index is -1.36. The molecule has 1 aromatic rings. The van der Waals surface area contributed by atoms with Crippen LogP contribution in [0.5, 0.6) is 0 Å². The quantitative estimate of drug-likeness (QED) is 0.142. The Morgan fingerprint density at radius 1 is 0.839 bits per heavy atom. The minimum absolute atomic E-state index is 0.0171. The summed E-state index contributed by atoms with van der Waals surface area (Å²) in [5.74, 6) is -2.16. The lowest BCUT2D eigenvalue weighted by molar-refractivity contribution is -0.123. The topological polar surface area (TPSA) is 188 Å². The van der Waals surface area contributed by atoms with Crippen LogP contribution in [0.25, 0.3) is 0 Å². The minimum Gasteiger partial charge on any atom is -0.394 e. The highest BCUT2D eigenvalue weighted by atomic mass is 127. The van der Waals surface area contributed by atoms with E-state index in [1.54, 1.807) is 0 Å². The molecule has 3 amide bonds. The summed E-state index contributed by atoms with van der Waals surface area (Å²) in [4.78, 5) is 37.9. The number of carbonyl (C=O) groups is 3. The summed E-state index contributed by atoms with van der Waals surface area (Å²) in [5, 5.41) is 54.0. The van der Waals surface area contributed by atoms with Gasteiger partial charge < -0.3 is 41.5 Å². The summed E-state index contributed by atoms with van der Waals surface area (Å²) in [6.07, 6.45) is -1.36. The molecule has 0 aliphatic heterocycles. The molecule has 0 unspecified atom stereocenters. The Labute approximate surface area is 205 Å². The van der Waals surface area contributed by atoms with Gasteiger partial charge in [0.1, 0.15) is 6.10 Å². The van der Waals surface area contributed by atoms with Gasteiger partial charge in [0.2, 0.25) is 0 Å². The van der Waals surface area contributed by atoms with Crippen LogP contribution < -0.4 is 16.0 Å². The predicted molar refractivity (Wildman–Crippen MR) is 128 cm³/mol. The third-order valence-electron chi connectivity index (χ3n) is 4.26. The first kappa shape index (κ1) is 27.9. The van der Waals surface area contributed by atoms with Crippen LogP contribution in [0, 0.1) is 14.1 Å². The zero-order valence-corrected chi connectivity index (χ0v) is 21.1. The van der Waals surface area contributed by atoms with E-state index in [9.17, 15) is 39.9 Å². The Hall–Kier alpha value is -1.11. The first-order valence-corrected chi connectivity index (χ1v) is 11.2. The Bertz CT molecular complexity index is 774. The number of nitrogens with one attached hydrogen (secondary N) is 3. The van der Waals surface area contributed by atoms with Crippen LogP contribution in [0.2, 0.25) is 0 Å². The van der Waals surface area contributed by atoms with Crippen molar-refractivity contribution in [1.82, 2.24) is 10.6 Å². The molecule has 1 atom stereocenters. The highest BCUT2D eigenvalue weighted by Crippen LogP contribution is 2.35. The summed E-state index contributed by atoms with van der Waals surface area (Å²) < 4.78 is 0.552. The number of carbonyl (C=O) groups excluding carboxylic acids is 3. The third kappa shape index (κ3) is 6.93. The fourth-order valence-electron chi connectivity index (χ4n) is 2.49. The van der Waals surface area contributed by atoms with Crippen LogP contribution in [0.3, 0.4) is 0 Å². The van der Waals surface area contributed by atoms with E-state index in [-0.39, 0.29) is 29.5 Å². The summed E-state index contributed by atoms with van der Waals surface area (Å²) in [7, 11) is 0. The lowest BCUT2D eigenvalue weighted by atomic mass is 9.98. The Morgan fingerprint density at radius 3 is 1.48 bits per heavy atom. The molecule has 0 spiro atoms. The molecule has 0 saturated carbocycles. The second-order valence-electron chi connectivity index (χ2n) is 6.61. The molecule has 0 fully saturated rings.